The largest absolute Gasteiger partial charge is 0.491 e. The predicted molar refractivity (Wildman–Crippen MR) is 128 cm³/mol. The van der Waals surface area contributed by atoms with Gasteiger partial charge in [-0.05, 0) is 77.0 Å². The lowest BCUT2D eigenvalue weighted by atomic mass is 10.0. The summed E-state index contributed by atoms with van der Waals surface area (Å²) >= 11 is 0. The lowest BCUT2D eigenvalue weighted by Crippen LogP contribution is -2.62. The minimum absolute atomic E-state index is 0.237. The van der Waals surface area contributed by atoms with E-state index in [9.17, 15) is 40.3 Å². The van der Waals surface area contributed by atoms with Gasteiger partial charge in [0.2, 0.25) is 0 Å². The highest BCUT2D eigenvalue weighted by Gasteiger charge is 2.77. The van der Waals surface area contributed by atoms with Gasteiger partial charge in [0.15, 0.2) is 8.32 Å². The van der Waals surface area contributed by atoms with Crippen molar-refractivity contribution in [2.24, 2.45) is 0 Å². The molecule has 0 N–H and O–H groups in total. The van der Waals surface area contributed by atoms with Crippen LogP contribution in [-0.2, 0) is 14.0 Å². The van der Waals surface area contributed by atoms with Crippen molar-refractivity contribution < 1.29 is 54.2 Å². The summed E-state index contributed by atoms with van der Waals surface area (Å²) in [5.41, 5.74) is 1.71. The fourth-order valence-corrected chi connectivity index (χ4v) is 4.66. The van der Waals surface area contributed by atoms with Gasteiger partial charge in [-0.25, -0.2) is 0 Å². The Labute approximate surface area is 218 Å². The smallest absolute Gasteiger partial charge is 0.460 e. The Kier molecular flexibility index (Phi) is 10.5. The van der Waals surface area contributed by atoms with E-state index in [1.54, 1.807) is 46.5 Å². The van der Waals surface area contributed by atoms with E-state index in [2.05, 4.69) is 0 Å². The van der Waals surface area contributed by atoms with Crippen molar-refractivity contribution in [1.82, 2.24) is 4.90 Å². The number of hydrogen-bond acceptors (Lipinski definition) is 5. The molecule has 1 atom stereocenters. The van der Waals surface area contributed by atoms with Crippen LogP contribution in [0.1, 0.15) is 37.5 Å². The molecule has 0 aliphatic heterocycles. The molecule has 6 nitrogen and oxygen atoms in total. The molecule has 218 valence electrons. The Bertz CT molecular complexity index is 1020. The van der Waals surface area contributed by atoms with Gasteiger partial charge < -0.3 is 18.8 Å². The third-order valence-corrected chi connectivity index (χ3v) is 6.51. The number of carbonyl (C=O) groups excluding carboxylic acids is 2. The summed E-state index contributed by atoms with van der Waals surface area (Å²) in [6.07, 6.45) is -7.78. The molecule has 1 aromatic carbocycles. The highest BCUT2D eigenvalue weighted by atomic mass is 28.4. The van der Waals surface area contributed by atoms with Gasteiger partial charge in [0.05, 0.1) is 6.10 Å². The molecule has 0 saturated carbocycles. The van der Waals surface area contributed by atoms with Crippen molar-refractivity contribution in [3.05, 3.63) is 22.8 Å². The van der Waals surface area contributed by atoms with Gasteiger partial charge in [-0.3, -0.25) is 9.59 Å². The van der Waals surface area contributed by atoms with Crippen LogP contribution in [0.4, 0.5) is 30.7 Å². The maximum Gasteiger partial charge on any atom is 0.460 e. The zero-order chi connectivity index (χ0) is 30.0. The number of benzene rings is 1. The fourth-order valence-electron chi connectivity index (χ4n) is 3.52. The average molecular weight is 578 g/mol. The van der Waals surface area contributed by atoms with E-state index in [0.717, 1.165) is 0 Å². The third kappa shape index (κ3) is 7.84. The number of nitrogens with zero attached hydrogens (tertiary/aromatic N) is 1. The van der Waals surface area contributed by atoms with Gasteiger partial charge in [-0.1, -0.05) is 0 Å². The first-order chi connectivity index (χ1) is 16.9. The van der Waals surface area contributed by atoms with Crippen LogP contribution in [0, 0.1) is 20.8 Å². The van der Waals surface area contributed by atoms with Crippen molar-refractivity contribution in [2.75, 3.05) is 13.2 Å². The van der Waals surface area contributed by atoms with E-state index in [0.29, 0.717) is 28.2 Å². The molecule has 0 saturated heterocycles. The van der Waals surface area contributed by atoms with Gasteiger partial charge in [-0.2, -0.15) is 30.7 Å². The summed E-state index contributed by atoms with van der Waals surface area (Å²) in [5.74, 6) is -15.2. The quantitative estimate of drug-likeness (QED) is 0.136. The molecular formula is C24H34F7NO5Si. The summed E-state index contributed by atoms with van der Waals surface area (Å²) in [6, 6.07) is 0.398. The highest BCUT2D eigenvalue weighted by molar-refractivity contribution is 6.69. The monoisotopic (exact) mass is 577 g/mol. The molecule has 0 bridgehead atoms. The lowest BCUT2D eigenvalue weighted by molar-refractivity contribution is -0.346. The van der Waals surface area contributed by atoms with Crippen LogP contribution >= 0.6 is 0 Å². The van der Waals surface area contributed by atoms with Crippen molar-refractivity contribution in [3.8, 4) is 11.5 Å². The highest BCUT2D eigenvalue weighted by Crippen LogP contribution is 2.47. The first kappa shape index (κ1) is 33.7. The van der Waals surface area contributed by atoms with Crippen LogP contribution in [0.2, 0.25) is 19.6 Å². The van der Waals surface area contributed by atoms with Crippen LogP contribution in [0.5, 0.6) is 11.5 Å². The minimum atomic E-state index is -6.64. The average Bonchev–Trinajstić information content (AvgIpc) is 2.73. The third-order valence-electron chi connectivity index (χ3n) is 5.47. The summed E-state index contributed by atoms with van der Waals surface area (Å²) in [6.45, 7) is 12.8. The van der Waals surface area contributed by atoms with Gasteiger partial charge >= 0.3 is 24.0 Å². The van der Waals surface area contributed by atoms with E-state index < -0.39 is 56.9 Å². The standard InChI is InChI=1S/C24H34F7NO5Si/c1-13(2)32(21(34)22(25,26)23(27,28)24(29,30)31)11-18(37-38(7,8)9)12-35-19-10-14(3)20(36-17(6)33)16(5)15(19)4/h10,13,18H,11-12H2,1-9H3. The summed E-state index contributed by atoms with van der Waals surface area (Å²) in [7, 11) is -2.46. The van der Waals surface area contributed by atoms with E-state index in [1.165, 1.54) is 20.8 Å². The van der Waals surface area contributed by atoms with Gasteiger partial charge in [0, 0.05) is 19.5 Å². The molecule has 0 aliphatic rings. The maximum atomic E-state index is 14.3. The normalized spacial score (nSPS) is 13.9. The molecule has 0 aliphatic carbocycles. The minimum Gasteiger partial charge on any atom is -0.491 e. The van der Waals surface area contributed by atoms with E-state index in [4.69, 9.17) is 13.9 Å². The van der Waals surface area contributed by atoms with Crippen molar-refractivity contribution >= 4 is 20.2 Å². The molecule has 1 aromatic rings. The number of ether oxygens (including phenoxy) is 2. The molecule has 0 radical (unpaired) electrons. The van der Waals surface area contributed by atoms with Crippen LogP contribution in [0.25, 0.3) is 0 Å². The van der Waals surface area contributed by atoms with Gasteiger partial charge in [-0.15, -0.1) is 0 Å². The lowest BCUT2D eigenvalue weighted by Gasteiger charge is -2.37. The van der Waals surface area contributed by atoms with E-state index in [1.807, 2.05) is 0 Å². The summed E-state index contributed by atoms with van der Waals surface area (Å²) in [5, 5.41) is 0. The number of aryl methyl sites for hydroxylation is 1. The fraction of sp³-hybridized carbons (Fsp3) is 0.667. The second-order valence-corrected chi connectivity index (χ2v) is 14.7. The molecule has 0 fully saturated rings. The van der Waals surface area contributed by atoms with Crippen LogP contribution in [0.3, 0.4) is 0 Å². The molecule has 38 heavy (non-hydrogen) atoms. The predicted octanol–water partition coefficient (Wildman–Crippen LogP) is 6.21. The number of amides is 1. The maximum absolute atomic E-state index is 14.3. The second kappa shape index (κ2) is 11.8. The van der Waals surface area contributed by atoms with Crippen molar-refractivity contribution in [2.45, 2.75) is 91.4 Å². The Balaban J connectivity index is 3.33. The molecule has 0 heterocycles. The number of halogens is 7. The number of alkyl halides is 7. The molecular weight excluding hydrogens is 543 g/mol. The summed E-state index contributed by atoms with van der Waals surface area (Å²) in [4.78, 5) is 24.1. The SMILES string of the molecule is CC(=O)Oc1c(C)cc(OCC(CN(C(=O)C(F)(F)C(F)(F)C(F)(F)F)C(C)C)O[Si](C)(C)C)c(C)c1C. The number of carbonyl (C=O) groups is 2. The number of rotatable bonds is 11. The topological polar surface area (TPSA) is 65.1 Å². The summed E-state index contributed by atoms with van der Waals surface area (Å²) < 4.78 is 111. The Morgan fingerprint density at radius 2 is 1.50 bits per heavy atom. The molecule has 1 unspecified atom stereocenters. The molecule has 0 aromatic heterocycles. The molecule has 1 amide bonds. The van der Waals surface area contributed by atoms with Crippen LogP contribution < -0.4 is 9.47 Å². The van der Waals surface area contributed by atoms with Gasteiger partial charge in [0.25, 0.3) is 5.91 Å². The van der Waals surface area contributed by atoms with Gasteiger partial charge in [0.1, 0.15) is 18.1 Å². The van der Waals surface area contributed by atoms with Crippen LogP contribution in [0.15, 0.2) is 6.07 Å². The zero-order valence-electron chi connectivity index (χ0n) is 22.8. The van der Waals surface area contributed by atoms with Crippen LogP contribution in [-0.4, -0.2) is 68.4 Å². The molecule has 1 rings (SSSR count). The first-order valence-corrected chi connectivity index (χ1v) is 15.1. The Hall–Kier alpha value is -2.35. The zero-order valence-corrected chi connectivity index (χ0v) is 23.8. The van der Waals surface area contributed by atoms with E-state index >= 15 is 0 Å². The first-order valence-electron chi connectivity index (χ1n) is 11.7. The Morgan fingerprint density at radius 1 is 0.974 bits per heavy atom. The number of hydrogen-bond donors (Lipinski definition) is 0. The second-order valence-electron chi connectivity index (χ2n) is 10.2. The number of esters is 1. The molecule has 0 spiro atoms. The van der Waals surface area contributed by atoms with Crippen molar-refractivity contribution in [1.29, 1.82) is 0 Å². The van der Waals surface area contributed by atoms with Crippen molar-refractivity contribution in [3.63, 3.8) is 0 Å². The van der Waals surface area contributed by atoms with E-state index in [-0.39, 0.29) is 11.5 Å². The molecule has 14 heteroatoms. The Morgan fingerprint density at radius 3 is 1.92 bits per heavy atom.